The molecule has 0 aliphatic carbocycles. The Balaban J connectivity index is 2.12. The van der Waals surface area contributed by atoms with Crippen molar-refractivity contribution in [1.82, 2.24) is 0 Å². The zero-order valence-corrected chi connectivity index (χ0v) is 16.7. The molecule has 0 unspecified atom stereocenters. The van der Waals surface area contributed by atoms with Gasteiger partial charge >= 0.3 is 5.97 Å². The van der Waals surface area contributed by atoms with Gasteiger partial charge in [-0.3, -0.25) is 0 Å². The van der Waals surface area contributed by atoms with E-state index in [1.165, 1.54) is 7.11 Å². The van der Waals surface area contributed by atoms with E-state index in [4.69, 9.17) is 18.9 Å². The molecule has 6 heteroatoms. The van der Waals surface area contributed by atoms with Gasteiger partial charge in [0.25, 0.3) is 0 Å². The molecule has 1 heterocycles. The molecule has 0 saturated carbocycles. The number of phenolic OH excluding ortho intramolecular Hbond substituents is 1. The SMILES string of the molecule is COc1c(/C=C/C(C)(C)OC)ccc2c1C(=O)OCc1cc(C)cc(O)c1O2. The lowest BCUT2D eigenvalue weighted by atomic mass is 10.0. The molecule has 3 rings (SSSR count). The molecular formula is C22H24O6. The zero-order chi connectivity index (χ0) is 20.5. The lowest BCUT2D eigenvalue weighted by Gasteiger charge is -2.22. The van der Waals surface area contributed by atoms with Crippen LogP contribution in [0.3, 0.4) is 0 Å². The minimum absolute atomic E-state index is 0.0105. The van der Waals surface area contributed by atoms with Crippen LogP contribution in [0, 0.1) is 6.92 Å². The monoisotopic (exact) mass is 384 g/mol. The maximum Gasteiger partial charge on any atom is 0.346 e. The molecule has 148 valence electrons. The normalized spacial score (nSPS) is 13.8. The quantitative estimate of drug-likeness (QED) is 0.776. The Labute approximate surface area is 164 Å². The maximum atomic E-state index is 12.7. The van der Waals surface area contributed by atoms with Crippen molar-refractivity contribution in [3.63, 3.8) is 0 Å². The molecule has 6 nitrogen and oxygen atoms in total. The highest BCUT2D eigenvalue weighted by molar-refractivity contribution is 5.97. The summed E-state index contributed by atoms with van der Waals surface area (Å²) in [6, 6.07) is 6.85. The number of cyclic esters (lactones) is 1. The largest absolute Gasteiger partial charge is 0.504 e. The first-order chi connectivity index (χ1) is 13.3. The van der Waals surface area contributed by atoms with Gasteiger partial charge in [-0.1, -0.05) is 12.2 Å². The summed E-state index contributed by atoms with van der Waals surface area (Å²) < 4.78 is 22.3. The van der Waals surface area contributed by atoms with Crippen LogP contribution in [-0.4, -0.2) is 30.9 Å². The number of phenols is 1. The molecule has 0 bridgehead atoms. The zero-order valence-electron chi connectivity index (χ0n) is 16.7. The second-order valence-electron chi connectivity index (χ2n) is 7.15. The molecule has 0 amide bonds. The number of ether oxygens (including phenoxy) is 4. The van der Waals surface area contributed by atoms with E-state index in [1.54, 1.807) is 25.3 Å². The average molecular weight is 384 g/mol. The Morgan fingerprint density at radius 1 is 1.21 bits per heavy atom. The van der Waals surface area contributed by atoms with Crippen LogP contribution in [0.2, 0.25) is 0 Å². The minimum atomic E-state index is -0.556. The third-order valence-electron chi connectivity index (χ3n) is 4.61. The standard InChI is InChI=1S/C22H24O6/c1-13-10-15-12-27-21(24)18-17(28-19(15)16(23)11-13)7-6-14(20(18)25-4)8-9-22(2,3)26-5/h6-11,23H,12H2,1-5H3/b9-8+. The third-order valence-corrected chi connectivity index (χ3v) is 4.61. The van der Waals surface area contributed by atoms with Gasteiger partial charge in [-0.25, -0.2) is 4.79 Å². The van der Waals surface area contributed by atoms with E-state index < -0.39 is 11.6 Å². The van der Waals surface area contributed by atoms with Gasteiger partial charge in [-0.2, -0.15) is 0 Å². The van der Waals surface area contributed by atoms with Gasteiger partial charge in [0.1, 0.15) is 23.7 Å². The number of carbonyl (C=O) groups excluding carboxylic acids is 1. The summed E-state index contributed by atoms with van der Waals surface area (Å²) in [6.07, 6.45) is 3.69. The Bertz CT molecular complexity index is 943. The van der Waals surface area contributed by atoms with Crippen molar-refractivity contribution >= 4 is 12.0 Å². The first kappa shape index (κ1) is 19.8. The number of benzene rings is 2. The summed E-state index contributed by atoms with van der Waals surface area (Å²) in [5, 5.41) is 10.3. The van der Waals surface area contributed by atoms with E-state index >= 15 is 0 Å². The van der Waals surface area contributed by atoms with Crippen molar-refractivity contribution in [2.75, 3.05) is 14.2 Å². The van der Waals surface area contributed by atoms with E-state index in [-0.39, 0.29) is 29.4 Å². The lowest BCUT2D eigenvalue weighted by molar-refractivity contribution is 0.0454. The van der Waals surface area contributed by atoms with Crippen molar-refractivity contribution in [3.8, 4) is 23.0 Å². The summed E-state index contributed by atoms with van der Waals surface area (Å²) in [5.74, 6) is 0.291. The van der Waals surface area contributed by atoms with Gasteiger partial charge in [-0.15, -0.1) is 0 Å². The smallest absolute Gasteiger partial charge is 0.346 e. The van der Waals surface area contributed by atoms with Crippen molar-refractivity contribution in [2.45, 2.75) is 33.0 Å². The molecule has 0 saturated heterocycles. The van der Waals surface area contributed by atoms with Crippen molar-refractivity contribution in [3.05, 3.63) is 52.6 Å². The van der Waals surface area contributed by atoms with Crippen LogP contribution in [0.1, 0.15) is 40.9 Å². The Morgan fingerprint density at radius 2 is 1.96 bits per heavy atom. The first-order valence-electron chi connectivity index (χ1n) is 8.88. The van der Waals surface area contributed by atoms with Crippen molar-refractivity contribution in [2.24, 2.45) is 0 Å². The number of hydrogen-bond donors (Lipinski definition) is 1. The van der Waals surface area contributed by atoms with E-state index in [2.05, 4.69) is 0 Å². The number of aryl methyl sites for hydroxylation is 1. The molecule has 2 aromatic rings. The predicted molar refractivity (Wildman–Crippen MR) is 105 cm³/mol. The number of aromatic hydroxyl groups is 1. The maximum absolute atomic E-state index is 12.7. The van der Waals surface area contributed by atoms with Gasteiger partial charge in [0.15, 0.2) is 11.5 Å². The van der Waals surface area contributed by atoms with E-state index in [9.17, 15) is 9.90 Å². The number of hydrogen-bond acceptors (Lipinski definition) is 6. The summed E-state index contributed by atoms with van der Waals surface area (Å²) in [5.41, 5.74) is 1.82. The topological polar surface area (TPSA) is 74.2 Å². The molecule has 2 aromatic carbocycles. The molecule has 1 N–H and O–H groups in total. The summed E-state index contributed by atoms with van der Waals surface area (Å²) in [4.78, 5) is 12.7. The van der Waals surface area contributed by atoms with Crippen LogP contribution in [-0.2, 0) is 16.1 Å². The van der Waals surface area contributed by atoms with Crippen LogP contribution in [0.5, 0.6) is 23.0 Å². The summed E-state index contributed by atoms with van der Waals surface area (Å²) >= 11 is 0. The fourth-order valence-corrected chi connectivity index (χ4v) is 2.95. The highest BCUT2D eigenvalue weighted by Gasteiger charge is 2.27. The Morgan fingerprint density at radius 3 is 2.64 bits per heavy atom. The predicted octanol–water partition coefficient (Wildman–Crippen LogP) is 4.61. The van der Waals surface area contributed by atoms with Gasteiger partial charge < -0.3 is 24.1 Å². The molecule has 0 aromatic heterocycles. The van der Waals surface area contributed by atoms with Crippen molar-refractivity contribution in [1.29, 1.82) is 0 Å². The molecule has 28 heavy (non-hydrogen) atoms. The van der Waals surface area contributed by atoms with Gasteiger partial charge in [-0.05, 0) is 50.6 Å². The highest BCUT2D eigenvalue weighted by atomic mass is 16.5. The Hall–Kier alpha value is -2.99. The third kappa shape index (κ3) is 3.82. The van der Waals surface area contributed by atoms with Crippen LogP contribution in [0.15, 0.2) is 30.3 Å². The Kier molecular flexibility index (Phi) is 5.34. The van der Waals surface area contributed by atoms with E-state index in [0.29, 0.717) is 16.9 Å². The fourth-order valence-electron chi connectivity index (χ4n) is 2.95. The van der Waals surface area contributed by atoms with E-state index in [0.717, 1.165) is 5.56 Å². The van der Waals surface area contributed by atoms with Crippen LogP contribution in [0.25, 0.3) is 6.08 Å². The average Bonchev–Trinajstić information content (AvgIpc) is 2.65. The molecule has 0 fully saturated rings. The minimum Gasteiger partial charge on any atom is -0.504 e. The second-order valence-corrected chi connectivity index (χ2v) is 7.15. The van der Waals surface area contributed by atoms with Crippen LogP contribution in [0.4, 0.5) is 0 Å². The molecule has 0 spiro atoms. The fraction of sp³-hybridized carbons (Fsp3) is 0.318. The molecular weight excluding hydrogens is 360 g/mol. The lowest BCUT2D eigenvalue weighted by Crippen LogP contribution is -2.18. The molecule has 1 aliphatic heterocycles. The number of fused-ring (bicyclic) bond motifs is 2. The second kappa shape index (κ2) is 7.56. The van der Waals surface area contributed by atoms with Gasteiger partial charge in [0, 0.05) is 18.2 Å². The number of carbonyl (C=O) groups is 1. The number of methoxy groups -OCH3 is 2. The van der Waals surface area contributed by atoms with E-state index in [1.807, 2.05) is 39.0 Å². The highest BCUT2D eigenvalue weighted by Crippen LogP contribution is 2.42. The van der Waals surface area contributed by atoms with Gasteiger partial charge in [0.2, 0.25) is 0 Å². The molecule has 1 aliphatic rings. The van der Waals surface area contributed by atoms with Gasteiger partial charge in [0.05, 0.1) is 12.7 Å². The molecule has 0 atom stereocenters. The summed E-state index contributed by atoms with van der Waals surface area (Å²) in [6.45, 7) is 5.67. The first-order valence-corrected chi connectivity index (χ1v) is 8.88. The van der Waals surface area contributed by atoms with Crippen molar-refractivity contribution < 1.29 is 28.8 Å². The van der Waals surface area contributed by atoms with Crippen LogP contribution < -0.4 is 9.47 Å². The molecule has 0 radical (unpaired) electrons. The van der Waals surface area contributed by atoms with Crippen LogP contribution >= 0.6 is 0 Å². The number of esters is 1. The summed E-state index contributed by atoms with van der Waals surface area (Å²) in [7, 11) is 3.11. The number of rotatable bonds is 4.